The van der Waals surface area contributed by atoms with E-state index in [0.29, 0.717) is 12.5 Å². The van der Waals surface area contributed by atoms with E-state index in [1.165, 1.54) is 5.56 Å². The molecule has 0 fully saturated rings. The van der Waals surface area contributed by atoms with Gasteiger partial charge in [0, 0.05) is 6.54 Å². The smallest absolute Gasteiger partial charge is 0.220 e. The first-order chi connectivity index (χ1) is 9.40. The molecule has 0 bridgehead atoms. The number of carbonyl (C=O) groups is 1. The van der Waals surface area contributed by atoms with E-state index in [4.69, 9.17) is 10.5 Å². The largest absolute Gasteiger partial charge is 0.493 e. The van der Waals surface area contributed by atoms with Crippen LogP contribution >= 0.6 is 0 Å². The van der Waals surface area contributed by atoms with Crippen molar-refractivity contribution >= 4 is 5.91 Å². The SMILES string of the molecule is Cc1cc(CNCC(C)C)cc(C)c1OCCC(N)=O. The molecule has 0 spiro atoms. The van der Waals surface area contributed by atoms with Crippen LogP contribution in [-0.2, 0) is 11.3 Å². The van der Waals surface area contributed by atoms with Crippen molar-refractivity contribution in [1.82, 2.24) is 5.32 Å². The molecule has 1 rings (SSSR count). The second kappa shape index (κ2) is 7.90. The maximum absolute atomic E-state index is 10.7. The highest BCUT2D eigenvalue weighted by atomic mass is 16.5. The summed E-state index contributed by atoms with van der Waals surface area (Å²) in [5.41, 5.74) is 8.55. The maximum atomic E-state index is 10.7. The Hall–Kier alpha value is -1.55. The van der Waals surface area contributed by atoms with Crippen LogP contribution in [0.4, 0.5) is 0 Å². The van der Waals surface area contributed by atoms with Crippen LogP contribution in [0, 0.1) is 19.8 Å². The van der Waals surface area contributed by atoms with Crippen molar-refractivity contribution in [3.63, 3.8) is 0 Å². The summed E-state index contributed by atoms with van der Waals surface area (Å²) in [5.74, 6) is 1.17. The molecular weight excluding hydrogens is 252 g/mol. The number of benzene rings is 1. The average Bonchev–Trinajstić information content (AvgIpc) is 2.32. The highest BCUT2D eigenvalue weighted by Gasteiger charge is 2.07. The number of hydrogen-bond donors (Lipinski definition) is 2. The quantitative estimate of drug-likeness (QED) is 0.767. The predicted molar refractivity (Wildman–Crippen MR) is 81.8 cm³/mol. The van der Waals surface area contributed by atoms with Gasteiger partial charge in [0.15, 0.2) is 0 Å². The molecule has 112 valence electrons. The summed E-state index contributed by atoms with van der Waals surface area (Å²) in [5, 5.41) is 3.43. The van der Waals surface area contributed by atoms with Crippen molar-refractivity contribution in [2.24, 2.45) is 11.7 Å². The Morgan fingerprint density at radius 1 is 1.30 bits per heavy atom. The molecule has 0 aliphatic heterocycles. The monoisotopic (exact) mass is 278 g/mol. The van der Waals surface area contributed by atoms with Gasteiger partial charge in [-0.2, -0.15) is 0 Å². The number of nitrogens with one attached hydrogen (secondary N) is 1. The van der Waals surface area contributed by atoms with Gasteiger partial charge in [-0.25, -0.2) is 0 Å². The fourth-order valence-electron chi connectivity index (χ4n) is 2.13. The Bertz CT molecular complexity index is 433. The topological polar surface area (TPSA) is 64.3 Å². The van der Waals surface area contributed by atoms with Crippen LogP contribution < -0.4 is 15.8 Å². The number of amides is 1. The molecule has 0 aliphatic rings. The molecule has 0 saturated carbocycles. The fraction of sp³-hybridized carbons (Fsp3) is 0.562. The van der Waals surface area contributed by atoms with E-state index < -0.39 is 0 Å². The van der Waals surface area contributed by atoms with Gasteiger partial charge in [-0.3, -0.25) is 4.79 Å². The number of rotatable bonds is 8. The minimum absolute atomic E-state index is 0.247. The van der Waals surface area contributed by atoms with Gasteiger partial charge in [0.2, 0.25) is 5.91 Å². The molecule has 0 radical (unpaired) electrons. The molecule has 0 atom stereocenters. The summed E-state index contributed by atoms with van der Waals surface area (Å²) in [4.78, 5) is 10.7. The number of carbonyl (C=O) groups excluding carboxylic acids is 1. The number of ether oxygens (including phenoxy) is 1. The molecule has 20 heavy (non-hydrogen) atoms. The number of aryl methyl sites for hydroxylation is 2. The van der Waals surface area contributed by atoms with Crippen molar-refractivity contribution < 1.29 is 9.53 Å². The minimum Gasteiger partial charge on any atom is -0.493 e. The van der Waals surface area contributed by atoms with E-state index in [-0.39, 0.29) is 12.3 Å². The van der Waals surface area contributed by atoms with Gasteiger partial charge >= 0.3 is 0 Å². The Labute approximate surface area is 121 Å². The van der Waals surface area contributed by atoms with Crippen molar-refractivity contribution in [1.29, 1.82) is 0 Å². The molecule has 0 heterocycles. The molecule has 4 nitrogen and oxygen atoms in total. The molecule has 1 aromatic carbocycles. The van der Waals surface area contributed by atoms with Crippen molar-refractivity contribution in [3.8, 4) is 5.75 Å². The highest BCUT2D eigenvalue weighted by Crippen LogP contribution is 2.25. The average molecular weight is 278 g/mol. The van der Waals surface area contributed by atoms with Gasteiger partial charge in [0.1, 0.15) is 5.75 Å². The van der Waals surface area contributed by atoms with Crippen LogP contribution in [0.1, 0.15) is 37.0 Å². The molecule has 0 unspecified atom stereocenters. The van der Waals surface area contributed by atoms with Gasteiger partial charge in [0.05, 0.1) is 13.0 Å². The lowest BCUT2D eigenvalue weighted by Gasteiger charge is -2.14. The number of hydrogen-bond acceptors (Lipinski definition) is 3. The fourth-order valence-corrected chi connectivity index (χ4v) is 2.13. The third-order valence-electron chi connectivity index (χ3n) is 3.00. The van der Waals surface area contributed by atoms with E-state index in [9.17, 15) is 4.79 Å². The zero-order chi connectivity index (χ0) is 15.1. The van der Waals surface area contributed by atoms with Gasteiger partial charge in [-0.05, 0) is 43.0 Å². The molecule has 0 aliphatic carbocycles. The Morgan fingerprint density at radius 3 is 2.40 bits per heavy atom. The Morgan fingerprint density at radius 2 is 1.90 bits per heavy atom. The van der Waals surface area contributed by atoms with Crippen molar-refractivity contribution in [2.75, 3.05) is 13.2 Å². The van der Waals surface area contributed by atoms with E-state index in [1.807, 2.05) is 13.8 Å². The van der Waals surface area contributed by atoms with Crippen LogP contribution in [0.5, 0.6) is 5.75 Å². The van der Waals surface area contributed by atoms with E-state index in [0.717, 1.165) is 30.0 Å². The van der Waals surface area contributed by atoms with Gasteiger partial charge in [-0.15, -0.1) is 0 Å². The standard InChI is InChI=1S/C16H26N2O2/c1-11(2)9-18-10-14-7-12(3)16(13(4)8-14)20-6-5-15(17)19/h7-8,11,18H,5-6,9-10H2,1-4H3,(H2,17,19). The molecule has 0 aromatic heterocycles. The molecular formula is C16H26N2O2. The lowest BCUT2D eigenvalue weighted by molar-refractivity contribution is -0.118. The molecule has 4 heteroatoms. The van der Waals surface area contributed by atoms with E-state index >= 15 is 0 Å². The first-order valence-electron chi connectivity index (χ1n) is 7.12. The number of primary amides is 1. The lowest BCUT2D eigenvalue weighted by atomic mass is 10.1. The Balaban J connectivity index is 2.63. The summed E-state index contributed by atoms with van der Waals surface area (Å²) >= 11 is 0. The predicted octanol–water partition coefficient (Wildman–Crippen LogP) is 2.30. The van der Waals surface area contributed by atoms with E-state index in [1.54, 1.807) is 0 Å². The summed E-state index contributed by atoms with van der Waals surface area (Å²) in [7, 11) is 0. The molecule has 1 aromatic rings. The van der Waals surface area contributed by atoms with Gasteiger partial charge in [0.25, 0.3) is 0 Å². The first-order valence-corrected chi connectivity index (χ1v) is 7.12. The van der Waals surface area contributed by atoms with Crippen LogP contribution in [0.15, 0.2) is 12.1 Å². The number of nitrogens with two attached hydrogens (primary N) is 1. The van der Waals surface area contributed by atoms with Crippen LogP contribution in [0.3, 0.4) is 0 Å². The van der Waals surface area contributed by atoms with Crippen LogP contribution in [-0.4, -0.2) is 19.1 Å². The highest BCUT2D eigenvalue weighted by molar-refractivity contribution is 5.73. The second-order valence-corrected chi connectivity index (χ2v) is 5.65. The van der Waals surface area contributed by atoms with Crippen LogP contribution in [0.2, 0.25) is 0 Å². The summed E-state index contributed by atoms with van der Waals surface area (Å²) < 4.78 is 5.65. The molecule has 0 saturated heterocycles. The lowest BCUT2D eigenvalue weighted by Crippen LogP contribution is -2.19. The summed E-state index contributed by atoms with van der Waals surface area (Å²) in [6.45, 7) is 10.6. The minimum atomic E-state index is -0.338. The van der Waals surface area contributed by atoms with Crippen molar-refractivity contribution in [2.45, 2.75) is 40.7 Å². The Kier molecular flexibility index (Phi) is 6.52. The van der Waals surface area contributed by atoms with Gasteiger partial charge in [-0.1, -0.05) is 26.0 Å². The van der Waals surface area contributed by atoms with Gasteiger partial charge < -0.3 is 15.8 Å². The molecule has 1 amide bonds. The molecule has 3 N–H and O–H groups in total. The third kappa shape index (κ3) is 5.61. The van der Waals surface area contributed by atoms with E-state index in [2.05, 4.69) is 31.3 Å². The first kappa shape index (κ1) is 16.5. The van der Waals surface area contributed by atoms with Crippen LogP contribution in [0.25, 0.3) is 0 Å². The third-order valence-corrected chi connectivity index (χ3v) is 3.00. The van der Waals surface area contributed by atoms with Crippen molar-refractivity contribution in [3.05, 3.63) is 28.8 Å². The maximum Gasteiger partial charge on any atom is 0.220 e. The summed E-state index contributed by atoms with van der Waals surface area (Å²) in [6.07, 6.45) is 0.247. The zero-order valence-electron chi connectivity index (χ0n) is 13.0. The summed E-state index contributed by atoms with van der Waals surface area (Å²) in [6, 6.07) is 4.25. The normalized spacial score (nSPS) is 10.8. The second-order valence-electron chi connectivity index (χ2n) is 5.65. The zero-order valence-corrected chi connectivity index (χ0v) is 13.0.